The summed E-state index contributed by atoms with van der Waals surface area (Å²) in [4.78, 5) is 15.4. The number of carboxylic acid groups (broad SMARTS) is 1. The van der Waals surface area contributed by atoms with E-state index in [4.69, 9.17) is 9.84 Å². The number of methoxy groups -OCH3 is 1. The molecular weight excluding hydrogens is 352 g/mol. The fourth-order valence-corrected chi connectivity index (χ4v) is 3.08. The highest BCUT2D eigenvalue weighted by Crippen LogP contribution is 2.28. The van der Waals surface area contributed by atoms with Gasteiger partial charge in [0.15, 0.2) is 0 Å². The van der Waals surface area contributed by atoms with Gasteiger partial charge < -0.3 is 15.2 Å². The zero-order valence-electron chi connectivity index (χ0n) is 16.1. The molecular formula is C23H24N2O3. The van der Waals surface area contributed by atoms with Crippen molar-refractivity contribution in [1.29, 1.82) is 0 Å². The molecule has 5 heteroatoms. The Kier molecular flexibility index (Phi) is 6.27. The number of ether oxygens (including phenoxy) is 1. The summed E-state index contributed by atoms with van der Waals surface area (Å²) < 4.78 is 5.35. The molecule has 0 spiro atoms. The molecule has 28 heavy (non-hydrogen) atoms. The molecule has 0 fully saturated rings. The van der Waals surface area contributed by atoms with Gasteiger partial charge in [-0.3, -0.25) is 4.79 Å². The summed E-state index contributed by atoms with van der Waals surface area (Å²) >= 11 is 0. The summed E-state index contributed by atoms with van der Waals surface area (Å²) in [5.41, 5.74) is 5.29. The molecule has 2 N–H and O–H groups in total. The van der Waals surface area contributed by atoms with Crippen LogP contribution >= 0.6 is 0 Å². The van der Waals surface area contributed by atoms with Crippen molar-refractivity contribution in [1.82, 2.24) is 4.98 Å². The minimum absolute atomic E-state index is 0.0693. The fraction of sp³-hybridized carbons (Fsp3) is 0.217. The van der Waals surface area contributed by atoms with Crippen LogP contribution in [0.3, 0.4) is 0 Å². The summed E-state index contributed by atoms with van der Waals surface area (Å²) in [6, 6.07) is 18.1. The SMILES string of the molecule is COc1ccc(-c2ccc(NCc3cccc(C)c3)nc2)cc1CCC(=O)O. The van der Waals surface area contributed by atoms with E-state index in [1.54, 1.807) is 7.11 Å². The van der Waals surface area contributed by atoms with Crippen molar-refractivity contribution < 1.29 is 14.6 Å². The Hall–Kier alpha value is -3.34. The number of anilines is 1. The molecule has 1 aromatic heterocycles. The molecule has 1 heterocycles. The van der Waals surface area contributed by atoms with Crippen LogP contribution in [0.25, 0.3) is 11.1 Å². The standard InChI is InChI=1S/C23H24N2O3/c1-16-4-3-5-17(12-16)14-24-22-10-7-20(15-25-22)18-6-9-21(28-2)19(13-18)8-11-23(26)27/h3-7,9-10,12-13,15H,8,11,14H2,1-2H3,(H,24,25)(H,26,27). The van der Waals surface area contributed by atoms with Gasteiger partial charge in [-0.05, 0) is 54.3 Å². The first-order chi connectivity index (χ1) is 13.5. The second kappa shape index (κ2) is 9.04. The van der Waals surface area contributed by atoms with E-state index in [0.29, 0.717) is 12.2 Å². The van der Waals surface area contributed by atoms with Crippen molar-refractivity contribution in [2.75, 3.05) is 12.4 Å². The van der Waals surface area contributed by atoms with E-state index >= 15 is 0 Å². The number of carboxylic acids is 1. The molecule has 3 aromatic rings. The van der Waals surface area contributed by atoms with Crippen molar-refractivity contribution in [2.24, 2.45) is 0 Å². The maximum atomic E-state index is 10.9. The maximum Gasteiger partial charge on any atom is 0.303 e. The maximum absolute atomic E-state index is 10.9. The Morgan fingerprint density at radius 2 is 1.93 bits per heavy atom. The molecule has 0 saturated heterocycles. The van der Waals surface area contributed by atoms with Crippen LogP contribution in [0.4, 0.5) is 5.82 Å². The van der Waals surface area contributed by atoms with E-state index in [1.807, 2.05) is 36.5 Å². The van der Waals surface area contributed by atoms with Crippen LogP contribution in [0.2, 0.25) is 0 Å². The predicted molar refractivity (Wildman–Crippen MR) is 111 cm³/mol. The van der Waals surface area contributed by atoms with Crippen molar-refractivity contribution in [3.05, 3.63) is 77.5 Å². The van der Waals surface area contributed by atoms with Gasteiger partial charge in [0, 0.05) is 24.7 Å². The molecule has 5 nitrogen and oxygen atoms in total. The lowest BCUT2D eigenvalue weighted by atomic mass is 10.0. The Morgan fingerprint density at radius 3 is 2.61 bits per heavy atom. The molecule has 0 aliphatic rings. The van der Waals surface area contributed by atoms with Gasteiger partial charge in [0.05, 0.1) is 7.11 Å². The quantitative estimate of drug-likeness (QED) is 0.596. The number of hydrogen-bond donors (Lipinski definition) is 2. The third-order valence-corrected chi connectivity index (χ3v) is 4.54. The van der Waals surface area contributed by atoms with Gasteiger partial charge in [0.1, 0.15) is 11.6 Å². The van der Waals surface area contributed by atoms with Gasteiger partial charge in [-0.15, -0.1) is 0 Å². The van der Waals surface area contributed by atoms with Crippen molar-refractivity contribution in [2.45, 2.75) is 26.3 Å². The normalized spacial score (nSPS) is 10.5. The number of rotatable bonds is 8. The summed E-state index contributed by atoms with van der Waals surface area (Å²) in [6.45, 7) is 2.80. The minimum atomic E-state index is -0.821. The predicted octanol–water partition coefficient (Wildman–Crippen LogP) is 4.69. The van der Waals surface area contributed by atoms with E-state index in [9.17, 15) is 4.79 Å². The van der Waals surface area contributed by atoms with E-state index in [-0.39, 0.29) is 6.42 Å². The molecule has 0 saturated carbocycles. The molecule has 3 rings (SSSR count). The number of carbonyl (C=O) groups is 1. The van der Waals surface area contributed by atoms with Gasteiger partial charge >= 0.3 is 5.97 Å². The number of aryl methyl sites for hydroxylation is 2. The average Bonchev–Trinajstić information content (AvgIpc) is 2.71. The molecule has 144 valence electrons. The topological polar surface area (TPSA) is 71.5 Å². The number of hydrogen-bond acceptors (Lipinski definition) is 4. The van der Waals surface area contributed by atoms with Crippen LogP contribution in [0, 0.1) is 6.92 Å². The molecule has 0 unspecified atom stereocenters. The summed E-state index contributed by atoms with van der Waals surface area (Å²) in [5, 5.41) is 12.3. The average molecular weight is 376 g/mol. The Labute approximate surface area is 165 Å². The van der Waals surface area contributed by atoms with Gasteiger partial charge in [-0.25, -0.2) is 4.98 Å². The second-order valence-electron chi connectivity index (χ2n) is 6.70. The lowest BCUT2D eigenvalue weighted by molar-refractivity contribution is -0.136. The van der Waals surface area contributed by atoms with Crippen molar-refractivity contribution >= 4 is 11.8 Å². The first-order valence-corrected chi connectivity index (χ1v) is 9.19. The molecule has 0 bridgehead atoms. The highest BCUT2D eigenvalue weighted by atomic mass is 16.5. The lowest BCUT2D eigenvalue weighted by Gasteiger charge is -2.11. The van der Waals surface area contributed by atoms with Crippen LogP contribution in [-0.2, 0) is 17.8 Å². The number of aromatic nitrogens is 1. The smallest absolute Gasteiger partial charge is 0.303 e. The summed E-state index contributed by atoms with van der Waals surface area (Å²) in [7, 11) is 1.59. The molecule has 2 aromatic carbocycles. The third kappa shape index (κ3) is 5.10. The van der Waals surface area contributed by atoms with E-state index < -0.39 is 5.97 Å². The number of pyridine rings is 1. The summed E-state index contributed by atoms with van der Waals surface area (Å²) in [6.07, 6.45) is 2.32. The number of nitrogens with zero attached hydrogens (tertiary/aromatic N) is 1. The second-order valence-corrected chi connectivity index (χ2v) is 6.70. The Morgan fingerprint density at radius 1 is 1.11 bits per heavy atom. The highest BCUT2D eigenvalue weighted by molar-refractivity contribution is 5.69. The molecule has 0 amide bonds. The Balaban J connectivity index is 1.71. The zero-order valence-corrected chi connectivity index (χ0v) is 16.1. The third-order valence-electron chi connectivity index (χ3n) is 4.54. The molecule has 0 radical (unpaired) electrons. The van der Waals surface area contributed by atoms with Crippen LogP contribution in [0.1, 0.15) is 23.1 Å². The van der Waals surface area contributed by atoms with Gasteiger partial charge in [0.25, 0.3) is 0 Å². The lowest BCUT2D eigenvalue weighted by Crippen LogP contribution is -2.01. The first-order valence-electron chi connectivity index (χ1n) is 9.19. The van der Waals surface area contributed by atoms with Crippen LogP contribution in [-0.4, -0.2) is 23.2 Å². The Bertz CT molecular complexity index is 952. The van der Waals surface area contributed by atoms with E-state index in [1.165, 1.54) is 11.1 Å². The van der Waals surface area contributed by atoms with Crippen molar-refractivity contribution in [3.63, 3.8) is 0 Å². The summed E-state index contributed by atoms with van der Waals surface area (Å²) in [5.74, 6) is 0.692. The molecule has 0 aliphatic carbocycles. The van der Waals surface area contributed by atoms with Crippen LogP contribution in [0.5, 0.6) is 5.75 Å². The highest BCUT2D eigenvalue weighted by Gasteiger charge is 2.09. The number of benzene rings is 2. The van der Waals surface area contributed by atoms with E-state index in [0.717, 1.165) is 29.1 Å². The van der Waals surface area contributed by atoms with Gasteiger partial charge in [-0.1, -0.05) is 35.9 Å². The fourth-order valence-electron chi connectivity index (χ4n) is 3.08. The van der Waals surface area contributed by atoms with Crippen LogP contribution < -0.4 is 10.1 Å². The van der Waals surface area contributed by atoms with Crippen LogP contribution in [0.15, 0.2) is 60.8 Å². The monoisotopic (exact) mass is 376 g/mol. The first kappa shape index (κ1) is 19.4. The van der Waals surface area contributed by atoms with Gasteiger partial charge in [0.2, 0.25) is 0 Å². The number of aliphatic carboxylic acids is 1. The van der Waals surface area contributed by atoms with Crippen molar-refractivity contribution in [3.8, 4) is 16.9 Å². The molecule has 0 aliphatic heterocycles. The van der Waals surface area contributed by atoms with Gasteiger partial charge in [-0.2, -0.15) is 0 Å². The van der Waals surface area contributed by atoms with E-state index in [2.05, 4.69) is 41.5 Å². The number of nitrogens with one attached hydrogen (secondary N) is 1. The largest absolute Gasteiger partial charge is 0.496 e. The molecule has 0 atom stereocenters. The zero-order chi connectivity index (χ0) is 19.9. The minimum Gasteiger partial charge on any atom is -0.496 e.